The molecule has 2 aromatic carbocycles. The summed E-state index contributed by atoms with van der Waals surface area (Å²) in [6.45, 7) is 5.00. The van der Waals surface area contributed by atoms with Gasteiger partial charge in [-0.15, -0.1) is 0 Å². The summed E-state index contributed by atoms with van der Waals surface area (Å²) in [5, 5.41) is 3.00. The molecular formula is C26H29N3O4. The smallest absolute Gasteiger partial charge is 0.251 e. The molecule has 1 N–H and O–H groups in total. The van der Waals surface area contributed by atoms with Crippen LogP contribution in [0.1, 0.15) is 27.0 Å². The van der Waals surface area contributed by atoms with Crippen LogP contribution in [0.4, 0.5) is 0 Å². The van der Waals surface area contributed by atoms with Crippen molar-refractivity contribution in [1.29, 1.82) is 0 Å². The van der Waals surface area contributed by atoms with Gasteiger partial charge in [0.05, 0.1) is 20.3 Å². The second-order valence-electron chi connectivity index (χ2n) is 7.90. The molecule has 1 saturated heterocycles. The van der Waals surface area contributed by atoms with E-state index in [1.807, 2.05) is 48.5 Å². The largest absolute Gasteiger partial charge is 0.493 e. The highest BCUT2D eigenvalue weighted by molar-refractivity contribution is 5.94. The van der Waals surface area contributed by atoms with Crippen LogP contribution in [-0.2, 0) is 24.4 Å². The fourth-order valence-electron chi connectivity index (χ4n) is 3.69. The predicted molar refractivity (Wildman–Crippen MR) is 125 cm³/mol. The van der Waals surface area contributed by atoms with Crippen LogP contribution in [0.3, 0.4) is 0 Å². The SMILES string of the molecule is COc1cc(CNC(=O)c2cccc(CN3CCOCC3)c2)ccc1OCc1ccncc1. The van der Waals surface area contributed by atoms with Crippen LogP contribution in [0.5, 0.6) is 11.5 Å². The minimum atomic E-state index is -0.101. The van der Waals surface area contributed by atoms with Gasteiger partial charge in [0, 0.05) is 44.1 Å². The lowest BCUT2D eigenvalue weighted by Crippen LogP contribution is -2.35. The van der Waals surface area contributed by atoms with E-state index in [9.17, 15) is 4.79 Å². The molecule has 7 nitrogen and oxygen atoms in total. The number of morpholine rings is 1. The number of rotatable bonds is 9. The van der Waals surface area contributed by atoms with Crippen LogP contribution >= 0.6 is 0 Å². The molecule has 1 aliphatic rings. The van der Waals surface area contributed by atoms with Crippen molar-refractivity contribution in [3.05, 3.63) is 89.2 Å². The number of hydrogen-bond donors (Lipinski definition) is 1. The van der Waals surface area contributed by atoms with Gasteiger partial charge in [-0.1, -0.05) is 18.2 Å². The van der Waals surface area contributed by atoms with Gasteiger partial charge in [-0.3, -0.25) is 14.7 Å². The van der Waals surface area contributed by atoms with E-state index >= 15 is 0 Å². The third-order valence-corrected chi connectivity index (χ3v) is 5.52. The number of pyridine rings is 1. The van der Waals surface area contributed by atoms with Crippen molar-refractivity contribution < 1.29 is 19.0 Å². The van der Waals surface area contributed by atoms with Crippen LogP contribution in [0.25, 0.3) is 0 Å². The molecule has 0 bridgehead atoms. The van der Waals surface area contributed by atoms with Gasteiger partial charge >= 0.3 is 0 Å². The monoisotopic (exact) mass is 447 g/mol. The number of hydrogen-bond acceptors (Lipinski definition) is 6. The zero-order valence-electron chi connectivity index (χ0n) is 18.8. The second kappa shape index (κ2) is 11.4. The minimum Gasteiger partial charge on any atom is -0.493 e. The summed E-state index contributed by atoms with van der Waals surface area (Å²) >= 11 is 0. The van der Waals surface area contributed by atoms with Gasteiger partial charge in [0.25, 0.3) is 5.91 Å². The fraction of sp³-hybridized carbons (Fsp3) is 0.308. The lowest BCUT2D eigenvalue weighted by Gasteiger charge is -2.26. The number of methoxy groups -OCH3 is 1. The lowest BCUT2D eigenvalue weighted by molar-refractivity contribution is 0.0342. The topological polar surface area (TPSA) is 72.9 Å². The maximum absolute atomic E-state index is 12.7. The van der Waals surface area contributed by atoms with Gasteiger partial charge in [-0.2, -0.15) is 0 Å². The van der Waals surface area contributed by atoms with Crippen LogP contribution in [-0.4, -0.2) is 49.2 Å². The Labute approximate surface area is 194 Å². The first-order valence-corrected chi connectivity index (χ1v) is 11.1. The van der Waals surface area contributed by atoms with Crippen molar-refractivity contribution >= 4 is 5.91 Å². The Hall–Kier alpha value is -3.42. The molecule has 172 valence electrons. The number of ether oxygens (including phenoxy) is 3. The highest BCUT2D eigenvalue weighted by Gasteiger charge is 2.13. The highest BCUT2D eigenvalue weighted by atomic mass is 16.5. The van der Waals surface area contributed by atoms with E-state index in [0.717, 1.165) is 49.5 Å². The predicted octanol–water partition coefficient (Wildman–Crippen LogP) is 3.43. The van der Waals surface area contributed by atoms with Gasteiger partial charge in [0.15, 0.2) is 11.5 Å². The van der Waals surface area contributed by atoms with E-state index in [1.165, 1.54) is 0 Å². The second-order valence-corrected chi connectivity index (χ2v) is 7.90. The number of aromatic nitrogens is 1. The number of nitrogens with one attached hydrogen (secondary N) is 1. The third-order valence-electron chi connectivity index (χ3n) is 5.52. The summed E-state index contributed by atoms with van der Waals surface area (Å²) in [5.41, 5.74) is 3.74. The molecule has 0 unspecified atom stereocenters. The molecule has 1 fully saturated rings. The molecule has 0 radical (unpaired) electrons. The van der Waals surface area contributed by atoms with Crippen molar-refractivity contribution in [1.82, 2.24) is 15.2 Å². The molecule has 0 aliphatic carbocycles. The molecule has 2 heterocycles. The third kappa shape index (κ3) is 6.54. The maximum atomic E-state index is 12.7. The first-order chi connectivity index (χ1) is 16.2. The van der Waals surface area contributed by atoms with E-state index in [1.54, 1.807) is 19.5 Å². The summed E-state index contributed by atoms with van der Waals surface area (Å²) < 4.78 is 16.8. The maximum Gasteiger partial charge on any atom is 0.251 e. The first kappa shape index (κ1) is 22.8. The van der Waals surface area contributed by atoms with Gasteiger partial charge in [0.2, 0.25) is 0 Å². The average Bonchev–Trinajstić information content (AvgIpc) is 2.87. The van der Waals surface area contributed by atoms with Crippen LogP contribution < -0.4 is 14.8 Å². The van der Waals surface area contributed by atoms with E-state index < -0.39 is 0 Å². The standard InChI is InChI=1S/C26H29N3O4/c1-31-25-16-21(5-6-24(25)33-19-20-7-9-27-10-8-20)17-28-26(30)23-4-2-3-22(15-23)18-29-11-13-32-14-12-29/h2-10,15-16H,11-14,17-19H2,1H3,(H,28,30). The number of carbonyl (C=O) groups excluding carboxylic acids is 1. The molecule has 33 heavy (non-hydrogen) atoms. The molecule has 1 amide bonds. The summed E-state index contributed by atoms with van der Waals surface area (Å²) in [5.74, 6) is 1.18. The highest BCUT2D eigenvalue weighted by Crippen LogP contribution is 2.29. The molecule has 0 saturated carbocycles. The average molecular weight is 448 g/mol. The van der Waals surface area contributed by atoms with Crippen molar-refractivity contribution in [2.45, 2.75) is 19.7 Å². The zero-order chi connectivity index (χ0) is 22.9. The molecule has 1 aromatic heterocycles. The minimum absolute atomic E-state index is 0.101. The Morgan fingerprint density at radius 2 is 1.82 bits per heavy atom. The molecule has 7 heteroatoms. The number of carbonyl (C=O) groups is 1. The Balaban J connectivity index is 1.33. The summed E-state index contributed by atoms with van der Waals surface area (Å²) in [6.07, 6.45) is 3.47. The van der Waals surface area contributed by atoms with Crippen molar-refractivity contribution in [2.75, 3.05) is 33.4 Å². The zero-order valence-corrected chi connectivity index (χ0v) is 18.8. The lowest BCUT2D eigenvalue weighted by atomic mass is 10.1. The van der Waals surface area contributed by atoms with Crippen molar-refractivity contribution in [3.63, 3.8) is 0 Å². The van der Waals surface area contributed by atoms with E-state index in [-0.39, 0.29) is 5.91 Å². The van der Waals surface area contributed by atoms with E-state index in [2.05, 4.69) is 21.3 Å². The molecular weight excluding hydrogens is 418 g/mol. The summed E-state index contributed by atoms with van der Waals surface area (Å²) in [6, 6.07) is 17.3. The summed E-state index contributed by atoms with van der Waals surface area (Å²) in [4.78, 5) is 19.1. The van der Waals surface area contributed by atoms with Crippen LogP contribution in [0.2, 0.25) is 0 Å². The number of nitrogens with zero attached hydrogens (tertiary/aromatic N) is 2. The summed E-state index contributed by atoms with van der Waals surface area (Å²) in [7, 11) is 1.61. The van der Waals surface area contributed by atoms with Gasteiger partial charge < -0.3 is 19.5 Å². The van der Waals surface area contributed by atoms with Crippen molar-refractivity contribution in [3.8, 4) is 11.5 Å². The normalized spacial score (nSPS) is 14.0. The fourth-order valence-corrected chi connectivity index (χ4v) is 3.69. The van der Waals surface area contributed by atoms with Gasteiger partial charge in [-0.05, 0) is 53.1 Å². The van der Waals surface area contributed by atoms with Gasteiger partial charge in [-0.25, -0.2) is 0 Å². The Kier molecular flexibility index (Phi) is 7.90. The quantitative estimate of drug-likeness (QED) is 0.542. The Bertz CT molecular complexity index is 1050. The molecule has 0 spiro atoms. The number of amides is 1. The Morgan fingerprint density at radius 1 is 1.00 bits per heavy atom. The molecule has 4 rings (SSSR count). The number of benzene rings is 2. The van der Waals surface area contributed by atoms with Gasteiger partial charge in [0.1, 0.15) is 6.61 Å². The molecule has 0 atom stereocenters. The van der Waals surface area contributed by atoms with Crippen LogP contribution in [0.15, 0.2) is 67.0 Å². The molecule has 1 aliphatic heterocycles. The van der Waals surface area contributed by atoms with Crippen molar-refractivity contribution in [2.24, 2.45) is 0 Å². The van der Waals surface area contributed by atoms with Crippen LogP contribution in [0, 0.1) is 0 Å². The molecule has 3 aromatic rings. The van der Waals surface area contributed by atoms with E-state index in [0.29, 0.717) is 30.2 Å². The first-order valence-electron chi connectivity index (χ1n) is 11.1. The van der Waals surface area contributed by atoms with E-state index in [4.69, 9.17) is 14.2 Å². The Morgan fingerprint density at radius 3 is 2.61 bits per heavy atom.